The van der Waals surface area contributed by atoms with Crippen LogP contribution >= 0.6 is 0 Å². The normalized spacial score (nSPS) is 22.1. The molecule has 1 aromatic carbocycles. The zero-order valence-corrected chi connectivity index (χ0v) is 32.6. The fourth-order valence-corrected chi connectivity index (χ4v) is 4.54. The van der Waals surface area contributed by atoms with Gasteiger partial charge in [0, 0.05) is 12.1 Å². The summed E-state index contributed by atoms with van der Waals surface area (Å²) < 4.78 is 35.6. The summed E-state index contributed by atoms with van der Waals surface area (Å²) in [4.78, 5) is 65.7. The summed E-state index contributed by atoms with van der Waals surface area (Å²) in [6.45, 7) is 21.7. The third kappa shape index (κ3) is 13.4. The van der Waals surface area contributed by atoms with Gasteiger partial charge in [-0.15, -0.1) is 0 Å². The predicted molar refractivity (Wildman–Crippen MR) is 190 cm³/mol. The number of carbonyl (C=O) groups is 5. The fraction of sp³-hybridized carbons (Fsp3) is 0.667. The van der Waals surface area contributed by atoms with Crippen LogP contribution in [0.25, 0.3) is 0 Å². The summed E-state index contributed by atoms with van der Waals surface area (Å²) in [5.41, 5.74) is -3.04. The van der Waals surface area contributed by atoms with Gasteiger partial charge >= 0.3 is 29.8 Å². The van der Waals surface area contributed by atoms with E-state index in [1.54, 1.807) is 96.1 Å². The number of nitrogens with one attached hydrogen (secondary N) is 1. The molecule has 0 radical (unpaired) electrons. The fourth-order valence-electron chi connectivity index (χ4n) is 4.54. The van der Waals surface area contributed by atoms with Crippen LogP contribution in [0.15, 0.2) is 42.5 Å². The van der Waals surface area contributed by atoms with Crippen LogP contribution in [0.3, 0.4) is 0 Å². The van der Waals surface area contributed by atoms with Gasteiger partial charge in [0.2, 0.25) is 0 Å². The van der Waals surface area contributed by atoms with E-state index in [0.717, 1.165) is 5.56 Å². The van der Waals surface area contributed by atoms with Crippen molar-refractivity contribution in [3.8, 4) is 0 Å². The van der Waals surface area contributed by atoms with Crippen molar-refractivity contribution < 1.29 is 52.4 Å². The van der Waals surface area contributed by atoms with Crippen LogP contribution in [0.2, 0.25) is 0 Å². The maximum Gasteiger partial charge on any atom is 0.330 e. The summed E-state index contributed by atoms with van der Waals surface area (Å²) in [7, 11) is 0. The molecule has 0 aromatic heterocycles. The van der Waals surface area contributed by atoms with Gasteiger partial charge < -0.3 is 28.4 Å². The zero-order chi connectivity index (χ0) is 38.9. The number of carbonyl (C=O) groups excluding carboxylic acids is 5. The molecule has 1 saturated heterocycles. The third-order valence-corrected chi connectivity index (χ3v) is 7.67. The van der Waals surface area contributed by atoms with Crippen molar-refractivity contribution in [1.82, 2.24) is 5.32 Å². The molecule has 12 heteroatoms. The van der Waals surface area contributed by atoms with Crippen molar-refractivity contribution in [2.24, 2.45) is 21.7 Å². The van der Waals surface area contributed by atoms with Crippen LogP contribution in [-0.2, 0) is 52.4 Å². The highest BCUT2D eigenvalue weighted by Gasteiger charge is 2.55. The van der Waals surface area contributed by atoms with Crippen molar-refractivity contribution in [2.45, 2.75) is 133 Å². The molecule has 51 heavy (non-hydrogen) atoms. The van der Waals surface area contributed by atoms with Crippen LogP contribution in [0.1, 0.15) is 108 Å². The molecular formula is C39H59NO11. The van der Waals surface area contributed by atoms with E-state index >= 15 is 0 Å². The molecule has 1 aliphatic heterocycles. The average Bonchev–Trinajstić information content (AvgIpc) is 3.00. The second-order valence-corrected chi connectivity index (χ2v) is 16.8. The molecule has 6 atom stereocenters. The zero-order valence-electron chi connectivity index (χ0n) is 32.6. The minimum Gasteiger partial charge on any atom is -0.463 e. The van der Waals surface area contributed by atoms with Gasteiger partial charge in [0.05, 0.1) is 28.3 Å². The molecule has 1 aromatic rings. The summed E-state index contributed by atoms with van der Waals surface area (Å²) in [5, 5.41) is 3.40. The summed E-state index contributed by atoms with van der Waals surface area (Å²) in [6, 6.07) is 8.77. The smallest absolute Gasteiger partial charge is 0.330 e. The molecule has 286 valence electrons. The number of benzene rings is 1. The highest BCUT2D eigenvalue weighted by Crippen LogP contribution is 2.35. The first-order valence-corrected chi connectivity index (χ1v) is 17.5. The first-order chi connectivity index (χ1) is 23.4. The van der Waals surface area contributed by atoms with E-state index in [4.69, 9.17) is 28.4 Å². The Morgan fingerprint density at radius 1 is 0.686 bits per heavy atom. The van der Waals surface area contributed by atoms with Crippen LogP contribution in [0.5, 0.6) is 0 Å². The second kappa shape index (κ2) is 17.6. The molecule has 1 N–H and O–H groups in total. The Labute approximate surface area is 303 Å². The Morgan fingerprint density at radius 2 is 1.16 bits per heavy atom. The molecule has 0 unspecified atom stereocenters. The van der Waals surface area contributed by atoms with Gasteiger partial charge in [-0.2, -0.15) is 0 Å². The Bertz CT molecular complexity index is 1380. The first-order valence-electron chi connectivity index (χ1n) is 17.5. The van der Waals surface area contributed by atoms with Gasteiger partial charge in [-0.25, -0.2) is 4.79 Å². The molecular weight excluding hydrogens is 658 g/mol. The molecule has 0 amide bonds. The minimum atomic E-state index is -1.40. The lowest BCUT2D eigenvalue weighted by Gasteiger charge is -2.47. The molecule has 1 heterocycles. The SMILES string of the molecule is CCOC(=O)/C=C/C[C@H](N[C@@H]1O[C@H](COC(=O)C(C)(C)C)[C@H](OC(=O)C(C)(C)C)[C@H](OC(=O)C(C)(C)C)[C@H]1OC(=O)C(C)(C)C)c1ccccc1. The Hall–Kier alpha value is -3.77. The van der Waals surface area contributed by atoms with E-state index in [1.165, 1.54) is 6.08 Å². The number of ether oxygens (including phenoxy) is 6. The molecule has 1 fully saturated rings. The number of esters is 5. The first kappa shape index (κ1) is 43.4. The van der Waals surface area contributed by atoms with Crippen molar-refractivity contribution in [3.05, 3.63) is 48.0 Å². The molecule has 0 bridgehead atoms. The van der Waals surface area contributed by atoms with E-state index in [9.17, 15) is 24.0 Å². The molecule has 0 spiro atoms. The van der Waals surface area contributed by atoms with Gasteiger partial charge in [0.1, 0.15) is 12.7 Å². The molecule has 12 nitrogen and oxygen atoms in total. The second-order valence-electron chi connectivity index (χ2n) is 16.8. The van der Waals surface area contributed by atoms with Gasteiger partial charge in [0.25, 0.3) is 0 Å². The predicted octanol–water partition coefficient (Wildman–Crippen LogP) is 6.01. The van der Waals surface area contributed by atoms with E-state index in [2.05, 4.69) is 5.32 Å². The third-order valence-electron chi connectivity index (χ3n) is 7.67. The summed E-state index contributed by atoms with van der Waals surface area (Å²) >= 11 is 0. The topological polar surface area (TPSA) is 153 Å². The number of hydrogen-bond donors (Lipinski definition) is 1. The van der Waals surface area contributed by atoms with E-state index in [-0.39, 0.29) is 19.6 Å². The van der Waals surface area contributed by atoms with Crippen LogP contribution in [0.4, 0.5) is 0 Å². The van der Waals surface area contributed by atoms with Crippen molar-refractivity contribution in [1.29, 1.82) is 0 Å². The van der Waals surface area contributed by atoms with Crippen molar-refractivity contribution >= 4 is 29.8 Å². The Balaban J connectivity index is 2.79. The lowest BCUT2D eigenvalue weighted by Crippen LogP contribution is -2.66. The minimum absolute atomic E-state index is 0.219. The lowest BCUT2D eigenvalue weighted by molar-refractivity contribution is -0.266. The maximum atomic E-state index is 13.6. The quantitative estimate of drug-likeness (QED) is 0.153. The van der Waals surface area contributed by atoms with Crippen LogP contribution < -0.4 is 5.32 Å². The van der Waals surface area contributed by atoms with E-state index in [1.807, 2.05) is 30.3 Å². The van der Waals surface area contributed by atoms with E-state index < -0.39 is 88.2 Å². The van der Waals surface area contributed by atoms with Gasteiger partial charge in [0.15, 0.2) is 24.5 Å². The summed E-state index contributed by atoms with van der Waals surface area (Å²) in [6.07, 6.45) is -3.24. The Morgan fingerprint density at radius 3 is 1.63 bits per heavy atom. The van der Waals surface area contributed by atoms with Gasteiger partial charge in [-0.3, -0.25) is 24.5 Å². The largest absolute Gasteiger partial charge is 0.463 e. The molecule has 0 aliphatic carbocycles. The number of hydrogen-bond acceptors (Lipinski definition) is 12. The molecule has 2 rings (SSSR count). The van der Waals surface area contributed by atoms with Crippen molar-refractivity contribution in [2.75, 3.05) is 13.2 Å². The van der Waals surface area contributed by atoms with Crippen LogP contribution in [-0.4, -0.2) is 73.7 Å². The highest BCUT2D eigenvalue weighted by molar-refractivity contribution is 5.82. The van der Waals surface area contributed by atoms with Crippen molar-refractivity contribution in [3.63, 3.8) is 0 Å². The highest BCUT2D eigenvalue weighted by atomic mass is 16.7. The maximum absolute atomic E-state index is 13.6. The van der Waals surface area contributed by atoms with Gasteiger partial charge in [-0.1, -0.05) is 36.4 Å². The standard InChI is InChI=1S/C39H59NO11/c1-14-46-27(41)22-18-21-25(24-19-16-15-17-20-24)40-31-30(51-35(45)39(11,12)13)29(50-34(44)38(8,9)10)28(49-33(43)37(5,6)7)26(48-31)23-47-32(42)36(2,3)4/h15-20,22,25-26,28-31,40H,14,21,23H2,1-13H3/b22-18+/t25-,26+,28-,29-,30+,31+/m0/s1. The average molecular weight is 718 g/mol. The van der Waals surface area contributed by atoms with Crippen LogP contribution in [0, 0.1) is 21.7 Å². The Kier molecular flexibility index (Phi) is 15.0. The van der Waals surface area contributed by atoms with E-state index in [0.29, 0.717) is 0 Å². The molecule has 1 aliphatic rings. The number of rotatable bonds is 12. The molecule has 0 saturated carbocycles. The lowest BCUT2D eigenvalue weighted by atomic mass is 9.92. The monoisotopic (exact) mass is 717 g/mol. The van der Waals surface area contributed by atoms with Gasteiger partial charge in [-0.05, 0) is 102 Å². The summed E-state index contributed by atoms with van der Waals surface area (Å²) in [5.74, 6) is -2.96.